The molecule has 0 saturated heterocycles. The van der Waals surface area contributed by atoms with Crippen LogP contribution in [-0.2, 0) is 6.54 Å². The Morgan fingerprint density at radius 3 is 2.62 bits per heavy atom. The van der Waals surface area contributed by atoms with E-state index in [0.717, 1.165) is 6.07 Å². The molecule has 0 aliphatic rings. The summed E-state index contributed by atoms with van der Waals surface area (Å²) < 4.78 is 39.0. The minimum absolute atomic E-state index is 0.127. The van der Waals surface area contributed by atoms with Crippen LogP contribution in [0.25, 0.3) is 0 Å². The van der Waals surface area contributed by atoms with Gasteiger partial charge in [0.05, 0.1) is 0 Å². The zero-order valence-corrected chi connectivity index (χ0v) is 7.78. The number of nitrogens with zero attached hydrogens (tertiary/aromatic N) is 1. The molecule has 0 bridgehead atoms. The van der Waals surface area contributed by atoms with Gasteiger partial charge in [-0.2, -0.15) is 0 Å². The van der Waals surface area contributed by atoms with E-state index in [-0.39, 0.29) is 24.1 Å². The number of aromatic nitrogens is 1. The fraction of sp³-hybridized carbons (Fsp3) is 0.250. The minimum Gasteiger partial charge on any atom is -0.503 e. The first kappa shape index (κ1) is 12.2. The summed E-state index contributed by atoms with van der Waals surface area (Å²) in [4.78, 5) is 13.7. The van der Waals surface area contributed by atoms with E-state index >= 15 is 0 Å². The molecular weight excluding hydrogens is 229 g/mol. The van der Waals surface area contributed by atoms with Crippen LogP contribution in [0.15, 0.2) is 6.07 Å². The van der Waals surface area contributed by atoms with Gasteiger partial charge in [0.25, 0.3) is 5.88 Å². The van der Waals surface area contributed by atoms with Gasteiger partial charge in [-0.05, 0) is 11.6 Å². The standard InChI is InChI=1S/C8H7F3N2O3/c9-8(10,11)16-7-6(15)1-4(2-12)5(3-14)13-7/h1,3,15H,2,12H2. The molecule has 1 rings (SSSR count). The van der Waals surface area contributed by atoms with Crippen molar-refractivity contribution in [1.29, 1.82) is 0 Å². The van der Waals surface area contributed by atoms with Gasteiger partial charge >= 0.3 is 6.36 Å². The van der Waals surface area contributed by atoms with E-state index in [1.165, 1.54) is 0 Å². The normalized spacial score (nSPS) is 11.2. The van der Waals surface area contributed by atoms with E-state index in [1.54, 1.807) is 0 Å². The number of halogens is 3. The summed E-state index contributed by atoms with van der Waals surface area (Å²) in [5.41, 5.74) is 5.02. The third-order valence-electron chi connectivity index (χ3n) is 1.63. The maximum Gasteiger partial charge on any atom is 0.574 e. The van der Waals surface area contributed by atoms with Gasteiger partial charge in [-0.1, -0.05) is 0 Å². The number of carbonyl (C=O) groups excluding carboxylic acids is 1. The second kappa shape index (κ2) is 4.35. The predicted molar refractivity (Wildman–Crippen MR) is 45.9 cm³/mol. The van der Waals surface area contributed by atoms with Gasteiger partial charge in [-0.3, -0.25) is 4.79 Å². The van der Waals surface area contributed by atoms with E-state index in [9.17, 15) is 18.0 Å². The molecule has 1 aromatic heterocycles. The van der Waals surface area contributed by atoms with Crippen molar-refractivity contribution in [1.82, 2.24) is 4.98 Å². The average Bonchev–Trinajstić information content (AvgIpc) is 2.18. The summed E-state index contributed by atoms with van der Waals surface area (Å²) >= 11 is 0. The van der Waals surface area contributed by atoms with Crippen LogP contribution in [0.5, 0.6) is 11.6 Å². The Labute approximate surface area is 87.7 Å². The molecule has 0 atom stereocenters. The van der Waals surface area contributed by atoms with Crippen LogP contribution in [0.4, 0.5) is 13.2 Å². The molecule has 0 radical (unpaired) electrons. The minimum atomic E-state index is -4.99. The van der Waals surface area contributed by atoms with Crippen molar-refractivity contribution in [3.63, 3.8) is 0 Å². The summed E-state index contributed by atoms with van der Waals surface area (Å²) in [5.74, 6) is -1.91. The molecule has 1 aromatic rings. The van der Waals surface area contributed by atoms with Crippen molar-refractivity contribution in [2.75, 3.05) is 0 Å². The summed E-state index contributed by atoms with van der Waals surface area (Å²) in [5, 5.41) is 9.15. The van der Waals surface area contributed by atoms with Gasteiger partial charge in [-0.25, -0.2) is 4.98 Å². The van der Waals surface area contributed by atoms with Crippen LogP contribution in [0.3, 0.4) is 0 Å². The fourth-order valence-electron chi connectivity index (χ4n) is 0.989. The Bertz CT molecular complexity index is 406. The number of carbonyl (C=O) groups is 1. The SMILES string of the molecule is NCc1cc(O)c(OC(F)(F)F)nc1C=O. The number of rotatable bonds is 3. The maximum atomic E-state index is 11.9. The van der Waals surface area contributed by atoms with Crippen LogP contribution in [-0.4, -0.2) is 22.7 Å². The molecule has 0 unspecified atom stereocenters. The van der Waals surface area contributed by atoms with Crippen molar-refractivity contribution >= 4 is 6.29 Å². The Hall–Kier alpha value is -1.83. The van der Waals surface area contributed by atoms with E-state index < -0.39 is 18.0 Å². The summed E-state index contributed by atoms with van der Waals surface area (Å²) in [7, 11) is 0. The van der Waals surface area contributed by atoms with Crippen molar-refractivity contribution in [3.8, 4) is 11.6 Å². The molecule has 0 spiro atoms. The zero-order chi connectivity index (χ0) is 12.3. The third-order valence-corrected chi connectivity index (χ3v) is 1.63. The van der Waals surface area contributed by atoms with Crippen molar-refractivity contribution in [2.45, 2.75) is 12.9 Å². The van der Waals surface area contributed by atoms with Gasteiger partial charge < -0.3 is 15.6 Å². The largest absolute Gasteiger partial charge is 0.574 e. The molecular formula is C8H7F3N2O3. The maximum absolute atomic E-state index is 11.9. The highest BCUT2D eigenvalue weighted by atomic mass is 19.4. The predicted octanol–water partition coefficient (Wildman–Crippen LogP) is 0.957. The van der Waals surface area contributed by atoms with E-state index in [2.05, 4.69) is 9.72 Å². The lowest BCUT2D eigenvalue weighted by molar-refractivity contribution is -0.276. The monoisotopic (exact) mass is 236 g/mol. The summed E-state index contributed by atoms with van der Waals surface area (Å²) in [6.07, 6.45) is -4.76. The molecule has 0 fully saturated rings. The lowest BCUT2D eigenvalue weighted by atomic mass is 10.2. The molecule has 0 amide bonds. The first-order valence-corrected chi connectivity index (χ1v) is 4.01. The van der Waals surface area contributed by atoms with Gasteiger partial charge in [0.1, 0.15) is 5.69 Å². The Kier molecular flexibility index (Phi) is 3.33. The Morgan fingerprint density at radius 2 is 2.19 bits per heavy atom. The molecule has 1 heterocycles. The number of ether oxygens (including phenoxy) is 1. The highest BCUT2D eigenvalue weighted by Gasteiger charge is 2.33. The van der Waals surface area contributed by atoms with E-state index in [4.69, 9.17) is 10.8 Å². The number of nitrogens with two attached hydrogens (primary N) is 1. The molecule has 8 heteroatoms. The fourth-order valence-corrected chi connectivity index (χ4v) is 0.989. The molecule has 0 aliphatic carbocycles. The highest BCUT2D eigenvalue weighted by Crippen LogP contribution is 2.30. The second-order valence-electron chi connectivity index (χ2n) is 2.73. The van der Waals surface area contributed by atoms with E-state index in [1.807, 2.05) is 0 Å². The highest BCUT2D eigenvalue weighted by molar-refractivity contribution is 5.75. The van der Waals surface area contributed by atoms with Crippen LogP contribution in [0.1, 0.15) is 16.1 Å². The van der Waals surface area contributed by atoms with Crippen molar-refractivity contribution in [3.05, 3.63) is 17.3 Å². The smallest absolute Gasteiger partial charge is 0.503 e. The molecule has 0 aliphatic heterocycles. The lowest BCUT2D eigenvalue weighted by Crippen LogP contribution is -2.18. The number of aldehydes is 1. The molecule has 0 aromatic carbocycles. The quantitative estimate of drug-likeness (QED) is 0.763. The topological polar surface area (TPSA) is 85.4 Å². The van der Waals surface area contributed by atoms with Gasteiger partial charge in [0, 0.05) is 6.54 Å². The first-order valence-electron chi connectivity index (χ1n) is 4.01. The Balaban J connectivity index is 3.16. The third kappa shape index (κ3) is 2.83. The molecule has 88 valence electrons. The zero-order valence-electron chi connectivity index (χ0n) is 7.78. The number of aromatic hydroxyl groups is 1. The van der Waals surface area contributed by atoms with Crippen LogP contribution < -0.4 is 10.5 Å². The van der Waals surface area contributed by atoms with Crippen LogP contribution >= 0.6 is 0 Å². The number of pyridine rings is 1. The summed E-state index contributed by atoms with van der Waals surface area (Å²) in [6.45, 7) is -0.138. The van der Waals surface area contributed by atoms with E-state index in [0.29, 0.717) is 0 Å². The number of hydrogen-bond acceptors (Lipinski definition) is 5. The average molecular weight is 236 g/mol. The first-order chi connectivity index (χ1) is 7.37. The van der Waals surface area contributed by atoms with Crippen molar-refractivity contribution < 1.29 is 27.8 Å². The van der Waals surface area contributed by atoms with Gasteiger partial charge in [0.15, 0.2) is 12.0 Å². The Morgan fingerprint density at radius 1 is 1.56 bits per heavy atom. The summed E-state index contributed by atoms with van der Waals surface area (Å²) in [6, 6.07) is 0.901. The number of alkyl halides is 3. The molecule has 5 nitrogen and oxygen atoms in total. The van der Waals surface area contributed by atoms with Gasteiger partial charge in [-0.15, -0.1) is 13.2 Å². The second-order valence-corrected chi connectivity index (χ2v) is 2.73. The molecule has 16 heavy (non-hydrogen) atoms. The van der Waals surface area contributed by atoms with Crippen LogP contribution in [0, 0.1) is 0 Å². The lowest BCUT2D eigenvalue weighted by Gasteiger charge is -2.11. The van der Waals surface area contributed by atoms with Gasteiger partial charge in [0.2, 0.25) is 0 Å². The molecule has 0 saturated carbocycles. The van der Waals surface area contributed by atoms with Crippen molar-refractivity contribution in [2.24, 2.45) is 5.73 Å². The van der Waals surface area contributed by atoms with Crippen LogP contribution in [0.2, 0.25) is 0 Å². The number of hydrogen-bond donors (Lipinski definition) is 2. The molecule has 3 N–H and O–H groups in total.